The summed E-state index contributed by atoms with van der Waals surface area (Å²) in [5.41, 5.74) is 10.5. The molecule has 1 aliphatic rings. The van der Waals surface area contributed by atoms with Crippen LogP contribution < -0.4 is 15.4 Å². The number of alkyl halides is 3. The number of aliphatic imine (C=N–C) groups is 2. The Morgan fingerprint density at radius 2 is 1.80 bits per heavy atom. The normalized spacial score (nSPS) is 16.6. The molecular formula is C30H31F3N6OS. The maximum atomic E-state index is 12.3. The molecule has 1 aliphatic heterocycles. The Hall–Kier alpha value is -4.12. The van der Waals surface area contributed by atoms with E-state index in [4.69, 9.17) is 5.73 Å². The summed E-state index contributed by atoms with van der Waals surface area (Å²) < 4.78 is 40.7. The van der Waals surface area contributed by atoms with Gasteiger partial charge in [0.2, 0.25) is 0 Å². The first kappa shape index (κ1) is 29.9. The molecule has 41 heavy (non-hydrogen) atoms. The number of hydrogen-bond donors (Lipinski definition) is 1. The first-order chi connectivity index (χ1) is 19.7. The minimum Gasteiger partial charge on any atom is -0.406 e. The number of para-hydroxylation sites is 1. The van der Waals surface area contributed by atoms with Gasteiger partial charge in [-0.3, -0.25) is 0 Å². The van der Waals surface area contributed by atoms with Crippen LogP contribution in [0, 0.1) is 0 Å². The monoisotopic (exact) mass is 580 g/mol. The zero-order valence-electron chi connectivity index (χ0n) is 22.8. The van der Waals surface area contributed by atoms with Crippen molar-refractivity contribution in [2.75, 3.05) is 17.2 Å². The van der Waals surface area contributed by atoms with E-state index in [0.29, 0.717) is 17.2 Å². The minimum absolute atomic E-state index is 0.240. The number of nitrogens with two attached hydrogens (primary N) is 1. The molecule has 1 fully saturated rings. The SMILES string of the molecule is CCC(C)c1ccccc1N1CCCS/C1=N/N=C\c1ccc(C(N)=NC=Nc2ccc(OC(F)(F)F)cc2)cc1. The predicted octanol–water partition coefficient (Wildman–Crippen LogP) is 7.50. The van der Waals surface area contributed by atoms with Gasteiger partial charge in [0.05, 0.1) is 11.9 Å². The molecule has 11 heteroatoms. The van der Waals surface area contributed by atoms with Crippen LogP contribution in [-0.4, -0.2) is 42.2 Å². The number of thioether (sulfide) groups is 1. The van der Waals surface area contributed by atoms with Gasteiger partial charge in [-0.05, 0) is 60.2 Å². The van der Waals surface area contributed by atoms with Crippen molar-refractivity contribution in [2.45, 2.75) is 39.0 Å². The van der Waals surface area contributed by atoms with E-state index >= 15 is 0 Å². The zero-order valence-corrected chi connectivity index (χ0v) is 23.6. The first-order valence-electron chi connectivity index (χ1n) is 13.2. The highest BCUT2D eigenvalue weighted by molar-refractivity contribution is 8.14. The molecule has 0 saturated carbocycles. The van der Waals surface area contributed by atoms with Crippen LogP contribution >= 0.6 is 11.8 Å². The number of hydrogen-bond acceptors (Lipinski definition) is 5. The van der Waals surface area contributed by atoms with Crippen molar-refractivity contribution in [3.8, 4) is 5.75 Å². The Balaban J connectivity index is 1.39. The zero-order chi connectivity index (χ0) is 29.2. The van der Waals surface area contributed by atoms with Gasteiger partial charge in [0.15, 0.2) is 5.17 Å². The molecule has 1 saturated heterocycles. The fourth-order valence-electron chi connectivity index (χ4n) is 4.09. The van der Waals surface area contributed by atoms with Gasteiger partial charge in [-0.1, -0.05) is 68.1 Å². The lowest BCUT2D eigenvalue weighted by Crippen LogP contribution is -2.34. The Morgan fingerprint density at radius 3 is 2.51 bits per heavy atom. The van der Waals surface area contributed by atoms with Crippen LogP contribution in [0.3, 0.4) is 0 Å². The largest absolute Gasteiger partial charge is 0.573 e. The maximum Gasteiger partial charge on any atom is 0.573 e. The molecule has 3 aromatic carbocycles. The second kappa shape index (κ2) is 14.0. The summed E-state index contributed by atoms with van der Waals surface area (Å²) in [5, 5.41) is 9.81. The Labute approximate surface area is 241 Å². The van der Waals surface area contributed by atoms with Gasteiger partial charge in [-0.15, -0.1) is 18.3 Å². The topological polar surface area (TPSA) is 87.9 Å². The summed E-state index contributed by atoms with van der Waals surface area (Å²) in [6, 6.07) is 21.0. The van der Waals surface area contributed by atoms with Crippen LogP contribution in [0.4, 0.5) is 24.5 Å². The standard InChI is InChI=1S/C30H31F3N6OS/c1-3-21(2)26-7-4-5-8-27(26)39-17-6-18-41-29(39)38-37-19-22-9-11-23(12-10-22)28(34)36-20-35-24-13-15-25(16-14-24)40-30(31,32)33/h4-5,7-16,19-21H,3,6,17-18H2,1-2H3,(H2,34,35,36)/b37-19-,38-29+. The Morgan fingerprint density at radius 1 is 1.07 bits per heavy atom. The molecule has 3 aromatic rings. The number of halogens is 3. The van der Waals surface area contributed by atoms with Crippen LogP contribution in [0.15, 0.2) is 93.0 Å². The van der Waals surface area contributed by atoms with Gasteiger partial charge in [0.1, 0.15) is 17.9 Å². The highest BCUT2D eigenvalue weighted by Crippen LogP contribution is 2.33. The number of amidine groups is 2. The van der Waals surface area contributed by atoms with Crippen LogP contribution in [0.2, 0.25) is 0 Å². The molecule has 7 nitrogen and oxygen atoms in total. The Bertz CT molecular complexity index is 1420. The van der Waals surface area contributed by atoms with Crippen LogP contribution in [0.1, 0.15) is 49.3 Å². The number of ether oxygens (including phenoxy) is 1. The maximum absolute atomic E-state index is 12.3. The summed E-state index contributed by atoms with van der Waals surface area (Å²) in [5.74, 6) is 1.38. The molecule has 0 aliphatic carbocycles. The number of nitrogens with zero attached hydrogens (tertiary/aromatic N) is 5. The van der Waals surface area contributed by atoms with E-state index in [-0.39, 0.29) is 11.6 Å². The lowest BCUT2D eigenvalue weighted by atomic mass is 9.96. The highest BCUT2D eigenvalue weighted by atomic mass is 32.2. The van der Waals surface area contributed by atoms with Gasteiger partial charge < -0.3 is 15.4 Å². The van der Waals surface area contributed by atoms with Crippen molar-refractivity contribution >= 4 is 46.7 Å². The van der Waals surface area contributed by atoms with Gasteiger partial charge in [0.25, 0.3) is 0 Å². The van der Waals surface area contributed by atoms with Gasteiger partial charge in [0, 0.05) is 23.5 Å². The summed E-state index contributed by atoms with van der Waals surface area (Å²) >= 11 is 1.71. The van der Waals surface area contributed by atoms with E-state index in [1.165, 1.54) is 41.9 Å². The molecule has 0 radical (unpaired) electrons. The fourth-order valence-corrected chi connectivity index (χ4v) is 4.99. The molecule has 4 rings (SSSR count). The second-order valence-corrected chi connectivity index (χ2v) is 10.3. The van der Waals surface area contributed by atoms with Crippen molar-refractivity contribution in [1.29, 1.82) is 0 Å². The van der Waals surface area contributed by atoms with Crippen LogP contribution in [0.25, 0.3) is 0 Å². The average molecular weight is 581 g/mol. The summed E-state index contributed by atoms with van der Waals surface area (Å²) in [4.78, 5) is 10.5. The van der Waals surface area contributed by atoms with Crippen LogP contribution in [0.5, 0.6) is 5.75 Å². The van der Waals surface area contributed by atoms with E-state index < -0.39 is 6.36 Å². The van der Waals surface area contributed by atoms with Crippen LogP contribution in [-0.2, 0) is 0 Å². The van der Waals surface area contributed by atoms with Gasteiger partial charge >= 0.3 is 6.36 Å². The molecule has 1 atom stereocenters. The molecular weight excluding hydrogens is 549 g/mol. The van der Waals surface area contributed by atoms with Crippen molar-refractivity contribution < 1.29 is 17.9 Å². The van der Waals surface area contributed by atoms with Gasteiger partial charge in [-0.25, -0.2) is 9.98 Å². The van der Waals surface area contributed by atoms with Crippen molar-refractivity contribution in [3.05, 3.63) is 89.5 Å². The van der Waals surface area contributed by atoms with E-state index in [2.05, 4.69) is 67.9 Å². The van der Waals surface area contributed by atoms with Gasteiger partial charge in [-0.2, -0.15) is 5.10 Å². The quantitative estimate of drug-likeness (QED) is 0.161. The molecule has 1 unspecified atom stereocenters. The highest BCUT2D eigenvalue weighted by Gasteiger charge is 2.31. The van der Waals surface area contributed by atoms with E-state index in [9.17, 15) is 13.2 Å². The molecule has 0 bridgehead atoms. The summed E-state index contributed by atoms with van der Waals surface area (Å²) in [7, 11) is 0. The number of benzene rings is 3. The lowest BCUT2D eigenvalue weighted by Gasteiger charge is -2.31. The molecule has 0 spiro atoms. The number of rotatable bonds is 9. The predicted molar refractivity (Wildman–Crippen MR) is 163 cm³/mol. The third kappa shape index (κ3) is 8.68. The van der Waals surface area contributed by atoms with Crippen molar-refractivity contribution in [2.24, 2.45) is 25.9 Å². The third-order valence-corrected chi connectivity index (χ3v) is 7.44. The average Bonchev–Trinajstić information content (AvgIpc) is 2.97. The van der Waals surface area contributed by atoms with Crippen molar-refractivity contribution in [1.82, 2.24) is 0 Å². The lowest BCUT2D eigenvalue weighted by molar-refractivity contribution is -0.274. The Kier molecular flexibility index (Phi) is 10.2. The number of anilines is 1. The summed E-state index contributed by atoms with van der Waals surface area (Å²) in [6.07, 6.45) is 0.354. The molecule has 1 heterocycles. The molecule has 2 N–H and O–H groups in total. The molecule has 214 valence electrons. The smallest absolute Gasteiger partial charge is 0.406 e. The minimum atomic E-state index is -4.74. The molecule has 0 aromatic heterocycles. The summed E-state index contributed by atoms with van der Waals surface area (Å²) in [6.45, 7) is 5.35. The van der Waals surface area contributed by atoms with E-state index in [1.54, 1.807) is 18.0 Å². The fraction of sp³-hybridized carbons (Fsp3) is 0.267. The van der Waals surface area contributed by atoms with E-state index in [0.717, 1.165) is 35.9 Å². The second-order valence-electron chi connectivity index (χ2n) is 9.27. The first-order valence-corrected chi connectivity index (χ1v) is 14.1. The van der Waals surface area contributed by atoms with Crippen molar-refractivity contribution in [3.63, 3.8) is 0 Å². The third-order valence-electron chi connectivity index (χ3n) is 6.39. The van der Waals surface area contributed by atoms with E-state index in [1.807, 2.05) is 24.3 Å². The molecule has 0 amide bonds.